The fourth-order valence-corrected chi connectivity index (χ4v) is 7.51. The molecule has 2 unspecified atom stereocenters. The fourth-order valence-electron chi connectivity index (χ4n) is 7.51. The van der Waals surface area contributed by atoms with Gasteiger partial charge < -0.3 is 28.6 Å². The van der Waals surface area contributed by atoms with Crippen LogP contribution < -0.4 is 5.11 Å². The maximum absolute atomic E-state index is 12.8. The van der Waals surface area contributed by atoms with Gasteiger partial charge in [0.25, 0.3) is 0 Å². The van der Waals surface area contributed by atoms with Crippen molar-refractivity contribution in [2.45, 2.75) is 244 Å². The number of hydrogen-bond acceptors (Lipinski definition) is 7. The second kappa shape index (κ2) is 44.2. The van der Waals surface area contributed by atoms with E-state index < -0.39 is 18.1 Å². The summed E-state index contributed by atoms with van der Waals surface area (Å²) in [6, 6.07) is -0.727. The van der Waals surface area contributed by atoms with Gasteiger partial charge in [-0.25, -0.2) is 0 Å². The first-order valence-corrected chi connectivity index (χ1v) is 25.5. The van der Waals surface area contributed by atoms with Crippen LogP contribution in [-0.4, -0.2) is 75.5 Å². The summed E-state index contributed by atoms with van der Waals surface area (Å²) in [7, 11) is 5.42. The van der Waals surface area contributed by atoms with Gasteiger partial charge in [0.05, 0.1) is 40.3 Å². The molecule has 356 valence electrons. The predicted octanol–water partition coefficient (Wildman–Crippen LogP) is 13.3. The Bertz CT molecular complexity index is 1090. The van der Waals surface area contributed by atoms with Gasteiger partial charge in [-0.15, -0.1) is 0 Å². The highest BCUT2D eigenvalue weighted by molar-refractivity contribution is 5.70. The zero-order chi connectivity index (χ0) is 44.9. The van der Waals surface area contributed by atoms with E-state index in [-0.39, 0.29) is 42.7 Å². The number of esters is 2. The van der Waals surface area contributed by atoms with Crippen LogP contribution in [0.2, 0.25) is 0 Å². The zero-order valence-corrected chi connectivity index (χ0v) is 40.6. The highest BCUT2D eigenvalue weighted by Gasteiger charge is 2.25. The summed E-state index contributed by atoms with van der Waals surface area (Å²) < 4.78 is 17.2. The molecule has 0 aromatic heterocycles. The molecule has 0 aliphatic heterocycles. The van der Waals surface area contributed by atoms with Crippen LogP contribution in [0.3, 0.4) is 0 Å². The van der Waals surface area contributed by atoms with E-state index in [1.54, 1.807) is 21.1 Å². The third-order valence-corrected chi connectivity index (χ3v) is 11.5. The maximum atomic E-state index is 12.8. The van der Waals surface area contributed by atoms with E-state index in [1.807, 2.05) is 0 Å². The van der Waals surface area contributed by atoms with E-state index in [1.165, 1.54) is 148 Å². The molecule has 0 aromatic carbocycles. The van der Waals surface area contributed by atoms with E-state index in [0.29, 0.717) is 12.8 Å². The minimum atomic E-state index is -1.12. The van der Waals surface area contributed by atoms with Crippen LogP contribution in [0.15, 0.2) is 36.5 Å². The molecule has 0 amide bonds. The number of carbonyl (C=O) groups is 3. The number of ether oxygens (including phenoxy) is 3. The lowest BCUT2D eigenvalue weighted by Gasteiger charge is -2.34. The first-order chi connectivity index (χ1) is 29.6. The van der Waals surface area contributed by atoms with Crippen molar-refractivity contribution in [1.29, 1.82) is 0 Å². The number of carboxylic acids is 1. The lowest BCUT2D eigenvalue weighted by Crippen LogP contribution is -2.55. The molecule has 0 aliphatic rings. The van der Waals surface area contributed by atoms with Gasteiger partial charge in [-0.1, -0.05) is 179 Å². The second-order valence-corrected chi connectivity index (χ2v) is 18.4. The minimum absolute atomic E-state index is 0.0386. The van der Waals surface area contributed by atoms with Crippen LogP contribution in [-0.2, 0) is 28.6 Å². The smallest absolute Gasteiger partial charge is 0.306 e. The lowest BCUT2D eigenvalue weighted by molar-refractivity contribution is -0.889. The molecule has 61 heavy (non-hydrogen) atoms. The number of likely N-dealkylation sites (N-methyl/N-ethyl adjacent to an activating group) is 1. The molecular formula is C53H97NO7. The minimum Gasteiger partial charge on any atom is -0.544 e. The van der Waals surface area contributed by atoms with Crippen LogP contribution in [0, 0.1) is 0 Å². The van der Waals surface area contributed by atoms with Gasteiger partial charge in [0.1, 0.15) is 12.6 Å². The number of carboxylic acid groups (broad SMARTS) is 1. The average Bonchev–Trinajstić information content (AvgIpc) is 3.22. The fraction of sp³-hybridized carbons (Fsp3) is 0.830. The van der Waals surface area contributed by atoms with Gasteiger partial charge in [0.2, 0.25) is 0 Å². The summed E-state index contributed by atoms with van der Waals surface area (Å²) in [5, 5.41) is 11.7. The second-order valence-electron chi connectivity index (χ2n) is 18.4. The molecule has 0 fully saturated rings. The molecule has 8 nitrogen and oxygen atoms in total. The lowest BCUT2D eigenvalue weighted by atomic mass is 10.1. The number of aliphatic carboxylic acids is 1. The molecule has 0 radical (unpaired) electrons. The standard InChI is InChI=1S/C53H97NO7/c1-6-8-10-12-14-16-18-20-22-24-26-28-29-31-33-35-37-39-41-43-51(55)60-48-49(47-59-46-45-50(53(57)58)54(3,4)5)61-52(56)44-42-40-38-36-34-32-30-27-25-23-21-19-17-15-13-11-9-7-2/h17,19-20,22-23,25,49-50H,6-16,18,21,24,26-48H2,1-5H3/b19-17-,22-20-,25-23-. The van der Waals surface area contributed by atoms with Crippen LogP contribution in [0.4, 0.5) is 0 Å². The van der Waals surface area contributed by atoms with Crippen molar-refractivity contribution in [1.82, 2.24) is 0 Å². The Morgan fingerprint density at radius 1 is 0.492 bits per heavy atom. The topological polar surface area (TPSA) is 102 Å². The Labute approximate surface area is 376 Å². The van der Waals surface area contributed by atoms with Gasteiger partial charge >= 0.3 is 11.9 Å². The number of rotatable bonds is 46. The molecule has 0 aliphatic carbocycles. The summed E-state index contributed by atoms with van der Waals surface area (Å²) in [6.45, 7) is 4.66. The molecule has 8 heteroatoms. The van der Waals surface area contributed by atoms with Crippen molar-refractivity contribution >= 4 is 17.9 Å². The quantitative estimate of drug-likeness (QED) is 0.0260. The largest absolute Gasteiger partial charge is 0.544 e. The monoisotopic (exact) mass is 860 g/mol. The third kappa shape index (κ3) is 42.6. The molecule has 0 N–H and O–H groups in total. The summed E-state index contributed by atoms with van der Waals surface area (Å²) in [4.78, 5) is 37.0. The zero-order valence-electron chi connectivity index (χ0n) is 40.6. The average molecular weight is 860 g/mol. The number of unbranched alkanes of at least 4 members (excludes halogenated alkanes) is 26. The summed E-state index contributed by atoms with van der Waals surface area (Å²) in [5.41, 5.74) is 0. The van der Waals surface area contributed by atoms with E-state index in [0.717, 1.165) is 51.4 Å². The van der Waals surface area contributed by atoms with Crippen molar-refractivity contribution in [2.75, 3.05) is 41.0 Å². The van der Waals surface area contributed by atoms with Crippen LogP contribution in [0.1, 0.15) is 232 Å². The Balaban J connectivity index is 4.26. The van der Waals surface area contributed by atoms with Crippen molar-refractivity contribution < 1.29 is 38.2 Å². The van der Waals surface area contributed by atoms with Gasteiger partial charge in [0.15, 0.2) is 6.10 Å². The van der Waals surface area contributed by atoms with Crippen molar-refractivity contribution in [3.63, 3.8) is 0 Å². The first kappa shape index (κ1) is 58.6. The van der Waals surface area contributed by atoms with E-state index in [9.17, 15) is 19.5 Å². The van der Waals surface area contributed by atoms with Gasteiger partial charge in [0, 0.05) is 19.3 Å². The molecule has 0 saturated heterocycles. The molecule has 0 bridgehead atoms. The van der Waals surface area contributed by atoms with Crippen LogP contribution in [0.25, 0.3) is 0 Å². The van der Waals surface area contributed by atoms with E-state index in [2.05, 4.69) is 50.3 Å². The van der Waals surface area contributed by atoms with Gasteiger partial charge in [-0.05, 0) is 70.6 Å². The van der Waals surface area contributed by atoms with Gasteiger partial charge in [-0.2, -0.15) is 0 Å². The molecule has 0 heterocycles. The number of quaternary nitrogens is 1. The Morgan fingerprint density at radius 2 is 0.869 bits per heavy atom. The van der Waals surface area contributed by atoms with Crippen molar-refractivity contribution in [2.24, 2.45) is 0 Å². The number of nitrogens with zero attached hydrogens (tertiary/aromatic N) is 1. The maximum Gasteiger partial charge on any atom is 0.306 e. The highest BCUT2D eigenvalue weighted by atomic mass is 16.6. The first-order valence-electron chi connectivity index (χ1n) is 25.5. The van der Waals surface area contributed by atoms with Crippen LogP contribution in [0.5, 0.6) is 0 Å². The summed E-state index contributed by atoms with van der Waals surface area (Å²) >= 11 is 0. The molecule has 2 atom stereocenters. The Morgan fingerprint density at radius 3 is 1.30 bits per heavy atom. The molecule has 0 spiro atoms. The normalized spacial score (nSPS) is 13.1. The predicted molar refractivity (Wildman–Crippen MR) is 254 cm³/mol. The summed E-state index contributed by atoms with van der Waals surface area (Å²) in [6.07, 6.45) is 51.6. The Kier molecular flexibility index (Phi) is 42.4. The molecule has 0 aromatic rings. The van der Waals surface area contributed by atoms with Crippen LogP contribution >= 0.6 is 0 Å². The van der Waals surface area contributed by atoms with E-state index in [4.69, 9.17) is 14.2 Å². The third-order valence-electron chi connectivity index (χ3n) is 11.5. The Hall–Kier alpha value is -2.45. The van der Waals surface area contributed by atoms with E-state index >= 15 is 0 Å². The summed E-state index contributed by atoms with van der Waals surface area (Å²) in [5.74, 6) is -1.74. The molecular weight excluding hydrogens is 763 g/mol. The SMILES string of the molecule is CCCCCC/C=C\C/C=C\CCCCCCCCCC(=O)OC(COCCC(C(=O)[O-])[N+](C)(C)C)COC(=O)CCCCCCCCCCC/C=C\CCCCCCCC. The molecule has 0 rings (SSSR count). The molecule has 0 saturated carbocycles. The van der Waals surface area contributed by atoms with Crippen molar-refractivity contribution in [3.05, 3.63) is 36.5 Å². The highest BCUT2D eigenvalue weighted by Crippen LogP contribution is 2.15. The number of hydrogen-bond donors (Lipinski definition) is 0. The van der Waals surface area contributed by atoms with Crippen molar-refractivity contribution in [3.8, 4) is 0 Å². The number of carbonyl (C=O) groups excluding carboxylic acids is 3. The number of allylic oxidation sites excluding steroid dienone is 6. The van der Waals surface area contributed by atoms with Gasteiger partial charge in [-0.3, -0.25) is 9.59 Å².